The molecule has 1 radical (unpaired) electrons. The summed E-state index contributed by atoms with van der Waals surface area (Å²) < 4.78 is 0. The van der Waals surface area contributed by atoms with Crippen LogP contribution < -0.4 is 61.6 Å². The van der Waals surface area contributed by atoms with E-state index in [-0.39, 0.29) is 79.4 Å². The Morgan fingerprint density at radius 3 is 1.25 bits per heavy atom. The minimum Gasteiger partial charge on any atom is -0.870 e. The molecular formula is CH3CuKO5. The van der Waals surface area contributed by atoms with Gasteiger partial charge < -0.3 is 26.0 Å². The van der Waals surface area contributed by atoms with Gasteiger partial charge in [-0.1, -0.05) is 0 Å². The molecule has 3 N–H and O–H groups in total. The van der Waals surface area contributed by atoms with Crippen molar-refractivity contribution in [2.24, 2.45) is 0 Å². The average Bonchev–Trinajstić information content (AvgIpc) is 0.811. The van der Waals surface area contributed by atoms with Crippen molar-refractivity contribution >= 4 is 6.16 Å². The molecule has 7 heteroatoms. The third-order valence-corrected chi connectivity index (χ3v) is 0. The van der Waals surface area contributed by atoms with Gasteiger partial charge in [0.25, 0.3) is 0 Å². The molecule has 0 spiro atoms. The Bertz CT molecular complexity index is 35.4. The fraction of sp³-hybridized carbons (Fsp3) is 0. The minimum absolute atomic E-state index is 0. The summed E-state index contributed by atoms with van der Waals surface area (Å²) in [6.45, 7) is 0. The van der Waals surface area contributed by atoms with Gasteiger partial charge in [0.2, 0.25) is 0 Å². The Hall–Kier alpha value is 1.35. The molecule has 0 aliphatic carbocycles. The third kappa shape index (κ3) is 163. The van der Waals surface area contributed by atoms with E-state index in [1.54, 1.807) is 0 Å². The van der Waals surface area contributed by atoms with Crippen molar-refractivity contribution in [2.75, 3.05) is 0 Å². The van der Waals surface area contributed by atoms with Crippen molar-refractivity contribution in [3.05, 3.63) is 0 Å². The molecular weight excluding hydrogens is 195 g/mol. The van der Waals surface area contributed by atoms with Crippen LogP contribution in [0.5, 0.6) is 0 Å². The van der Waals surface area contributed by atoms with Crippen LogP contribution in [-0.2, 0) is 17.1 Å². The van der Waals surface area contributed by atoms with Gasteiger partial charge in [-0.3, -0.25) is 0 Å². The van der Waals surface area contributed by atoms with Crippen molar-refractivity contribution in [1.29, 1.82) is 0 Å². The van der Waals surface area contributed by atoms with Crippen LogP contribution >= 0.6 is 0 Å². The second kappa shape index (κ2) is 23.8. The molecule has 0 aliphatic heterocycles. The largest absolute Gasteiger partial charge is 2.00 e. The quantitative estimate of drug-likeness (QED) is 0.358. The Labute approximate surface area is 99.0 Å². The SMILES string of the molecule is O.O=C([O-])[O-].[Cu+2].[K+].[OH-]. The molecule has 0 saturated carbocycles. The van der Waals surface area contributed by atoms with Gasteiger partial charge in [-0.2, -0.15) is 0 Å². The molecule has 0 amide bonds. The maximum Gasteiger partial charge on any atom is 2.00 e. The molecule has 0 unspecified atom stereocenters. The zero-order chi connectivity index (χ0) is 3.58. The standard InChI is InChI=1S/CH2O3.Cu.K.2H2O/c2-1(3)4;;;;/h(H2,2,3,4);;;2*1H2/q;+2;+1;;/p-3. The van der Waals surface area contributed by atoms with Crippen molar-refractivity contribution in [3.8, 4) is 0 Å². The van der Waals surface area contributed by atoms with Crippen molar-refractivity contribution in [2.45, 2.75) is 0 Å². The van der Waals surface area contributed by atoms with Gasteiger partial charge in [0.1, 0.15) is 0 Å². The smallest absolute Gasteiger partial charge is 0.870 e. The first-order valence-corrected chi connectivity index (χ1v) is 0.612. The van der Waals surface area contributed by atoms with Crippen LogP contribution in [0, 0.1) is 0 Å². The first-order chi connectivity index (χ1) is 1.73. The zero-order valence-electron chi connectivity index (χ0n) is 3.97. The summed E-state index contributed by atoms with van der Waals surface area (Å²) in [5, 5.41) is 16.7. The van der Waals surface area contributed by atoms with Crippen LogP contribution in [0.25, 0.3) is 0 Å². The van der Waals surface area contributed by atoms with Gasteiger partial charge in [0.05, 0.1) is 0 Å². The molecule has 0 aromatic rings. The fourth-order valence-corrected chi connectivity index (χ4v) is 0. The van der Waals surface area contributed by atoms with Crippen molar-refractivity contribution in [1.82, 2.24) is 0 Å². The van der Waals surface area contributed by atoms with Crippen LogP contribution in [0.15, 0.2) is 0 Å². The first kappa shape index (κ1) is 34.5. The van der Waals surface area contributed by atoms with Crippen LogP contribution in [0.2, 0.25) is 0 Å². The Balaban J connectivity index is -0.00000000750. The van der Waals surface area contributed by atoms with Crippen LogP contribution in [-0.4, -0.2) is 17.1 Å². The third-order valence-electron chi connectivity index (χ3n) is 0. The van der Waals surface area contributed by atoms with E-state index in [0.29, 0.717) is 0 Å². The number of rotatable bonds is 0. The molecule has 0 atom stereocenters. The molecule has 8 heavy (non-hydrogen) atoms. The Kier molecular flexibility index (Phi) is 103. The van der Waals surface area contributed by atoms with Crippen molar-refractivity contribution in [3.63, 3.8) is 0 Å². The fourth-order valence-electron chi connectivity index (χ4n) is 0. The van der Waals surface area contributed by atoms with E-state index in [9.17, 15) is 0 Å². The predicted molar refractivity (Wildman–Crippen MR) is 10.9 cm³/mol. The zero-order valence-corrected chi connectivity index (χ0v) is 8.04. The number of hydrogen-bond acceptors (Lipinski definition) is 4. The summed E-state index contributed by atoms with van der Waals surface area (Å²) in [7, 11) is 0. The van der Waals surface area contributed by atoms with Gasteiger partial charge in [-0.25, -0.2) is 0 Å². The summed E-state index contributed by atoms with van der Waals surface area (Å²) in [4.78, 5) is 8.33. The molecule has 0 saturated heterocycles. The molecule has 5 nitrogen and oxygen atoms in total. The topological polar surface area (TPSA) is 125 Å². The molecule has 0 aliphatic rings. The Morgan fingerprint density at radius 1 is 1.25 bits per heavy atom. The monoisotopic (exact) mass is 197 g/mol. The van der Waals surface area contributed by atoms with Crippen LogP contribution in [0.3, 0.4) is 0 Å². The number of carboxylic acid groups (broad SMARTS) is 2. The first-order valence-electron chi connectivity index (χ1n) is 0.612. The summed E-state index contributed by atoms with van der Waals surface area (Å²) in [5.74, 6) is 0. The van der Waals surface area contributed by atoms with Crippen LogP contribution in [0.1, 0.15) is 0 Å². The maximum absolute atomic E-state index is 8.33. The molecule has 0 fully saturated rings. The van der Waals surface area contributed by atoms with Crippen molar-refractivity contribution < 1.29 is 94.4 Å². The summed E-state index contributed by atoms with van der Waals surface area (Å²) >= 11 is 0. The number of carbonyl (C=O) groups is 1. The summed E-state index contributed by atoms with van der Waals surface area (Å²) in [6.07, 6.45) is -2.33. The summed E-state index contributed by atoms with van der Waals surface area (Å²) in [6, 6.07) is 0. The van der Waals surface area contributed by atoms with Gasteiger partial charge in [-0.15, -0.1) is 0 Å². The Morgan fingerprint density at radius 2 is 1.25 bits per heavy atom. The second-order valence-corrected chi connectivity index (χ2v) is 0.250. The molecule has 0 aromatic carbocycles. The molecule has 49 valence electrons. The van der Waals surface area contributed by atoms with E-state index in [0.717, 1.165) is 0 Å². The normalized spacial score (nSPS) is 3.00. The predicted octanol–water partition coefficient (Wildman–Crippen LogP) is -6.45. The van der Waals surface area contributed by atoms with E-state index in [4.69, 9.17) is 15.0 Å². The molecule has 0 aromatic heterocycles. The van der Waals surface area contributed by atoms with E-state index in [1.165, 1.54) is 0 Å². The molecule has 0 heterocycles. The molecule has 0 bridgehead atoms. The van der Waals surface area contributed by atoms with E-state index in [1.807, 2.05) is 0 Å². The van der Waals surface area contributed by atoms with Gasteiger partial charge in [-0.05, 0) is 6.16 Å². The second-order valence-electron chi connectivity index (χ2n) is 0.250. The van der Waals surface area contributed by atoms with E-state index < -0.39 is 6.16 Å². The average molecular weight is 198 g/mol. The molecule has 0 rings (SSSR count). The van der Waals surface area contributed by atoms with E-state index >= 15 is 0 Å². The minimum atomic E-state index is -2.33. The van der Waals surface area contributed by atoms with Gasteiger partial charge in [0, 0.05) is 0 Å². The van der Waals surface area contributed by atoms with E-state index in [2.05, 4.69) is 0 Å². The van der Waals surface area contributed by atoms with Crippen LogP contribution in [0.4, 0.5) is 4.79 Å². The number of hydrogen-bond donors (Lipinski definition) is 0. The number of carbonyl (C=O) groups excluding carboxylic acids is 1. The van der Waals surface area contributed by atoms with Gasteiger partial charge >= 0.3 is 68.5 Å². The summed E-state index contributed by atoms with van der Waals surface area (Å²) in [5.41, 5.74) is 0. The van der Waals surface area contributed by atoms with Gasteiger partial charge in [0.15, 0.2) is 0 Å². The maximum atomic E-state index is 8.33.